The molecule has 4 aromatic heterocycles. The number of hydrogen-bond acceptors (Lipinski definition) is 4. The first-order chi connectivity index (χ1) is 29.6. The Hall–Kier alpha value is -7.52. The molecule has 5 heteroatoms. The Morgan fingerprint density at radius 1 is 0.317 bits per heavy atom. The third-order valence-corrected chi connectivity index (χ3v) is 14.9. The van der Waals surface area contributed by atoms with E-state index in [9.17, 15) is 0 Å². The lowest BCUT2D eigenvalue weighted by molar-refractivity contribution is 1.39. The van der Waals surface area contributed by atoms with Gasteiger partial charge in [0.05, 0.1) is 32.9 Å². The highest BCUT2D eigenvalue weighted by Crippen LogP contribution is 2.46. The molecular weight excluding hydrogens is 748 g/mol. The van der Waals surface area contributed by atoms with Crippen molar-refractivity contribution in [3.8, 4) is 44.5 Å². The number of rotatable bonds is 7. The number of benzene rings is 7. The highest BCUT2D eigenvalue weighted by molar-refractivity contribution is 7.93. The van der Waals surface area contributed by atoms with Gasteiger partial charge in [0.1, 0.15) is 0 Å². The first-order valence-electron chi connectivity index (χ1n) is 20.1. The fourth-order valence-corrected chi connectivity index (χ4v) is 11.4. The first kappa shape index (κ1) is 35.6. The maximum Gasteiger partial charge on any atom is 0.0978 e. The lowest BCUT2D eigenvalue weighted by atomic mass is 9.96. The van der Waals surface area contributed by atoms with Crippen LogP contribution in [0.4, 0.5) is 0 Å². The van der Waals surface area contributed by atoms with Crippen molar-refractivity contribution in [1.82, 2.24) is 19.9 Å². The molecule has 0 bridgehead atoms. The molecule has 0 radical (unpaired) electrons. The fourth-order valence-electron chi connectivity index (χ4n) is 8.68. The molecule has 0 fully saturated rings. The molecule has 0 amide bonds. The monoisotopic (exact) mass is 784 g/mol. The van der Waals surface area contributed by atoms with Crippen molar-refractivity contribution in [1.29, 1.82) is 0 Å². The predicted molar refractivity (Wildman–Crippen MR) is 255 cm³/mol. The summed E-state index contributed by atoms with van der Waals surface area (Å²) < 4.78 is 0. The molecule has 0 spiro atoms. The Morgan fingerprint density at radius 2 is 0.633 bits per heavy atom. The quantitative estimate of drug-likeness (QED) is 0.119. The van der Waals surface area contributed by atoms with E-state index >= 15 is 0 Å². The number of pyridine rings is 4. The van der Waals surface area contributed by atoms with Crippen LogP contribution in [0, 0.1) is 0 Å². The normalized spacial score (nSPS) is 11.7. The summed E-state index contributed by atoms with van der Waals surface area (Å²) in [7, 11) is 0. The van der Waals surface area contributed by atoms with E-state index in [1.165, 1.54) is 0 Å². The number of hydrogen-bond donors (Lipinski definition) is 0. The molecule has 0 atom stereocenters. The third-order valence-electron chi connectivity index (χ3n) is 11.7. The smallest absolute Gasteiger partial charge is 0.0978 e. The van der Waals surface area contributed by atoms with Crippen LogP contribution in [0.5, 0.6) is 0 Å². The topological polar surface area (TPSA) is 51.6 Å². The number of fused-ring (bicyclic) bond motifs is 6. The van der Waals surface area contributed by atoms with Crippen LogP contribution in [0.25, 0.3) is 88.1 Å². The summed E-state index contributed by atoms with van der Waals surface area (Å²) in [5.74, 6) is 0. The lowest BCUT2D eigenvalue weighted by Crippen LogP contribution is -2.30. The molecule has 0 saturated carbocycles. The zero-order chi connectivity index (χ0) is 40.0. The zero-order valence-corrected chi connectivity index (χ0v) is 33.5. The predicted octanol–water partition coefficient (Wildman–Crippen LogP) is 12.3. The standard InChI is InChI=1S/C55H37N4P/c1-60(41-25-15-6-16-26-41,50-35-48(39-21-11-4-12-22-39)46-29-27-44-42(37-17-7-2-8-18-37)31-33-56-52(44)54(46)58-50)51-36-49(40-23-13-5-14-24-40)47-30-28-45-43(38-19-9-3-10-20-38)32-34-57-53(45)55(47)59-51/h2-36H,1H2. The van der Waals surface area contributed by atoms with E-state index in [2.05, 4.69) is 200 Å². The van der Waals surface area contributed by atoms with E-state index in [1.54, 1.807) is 0 Å². The summed E-state index contributed by atoms with van der Waals surface area (Å²) >= 11 is 0. The Bertz CT molecular complexity index is 3220. The van der Waals surface area contributed by atoms with Crippen molar-refractivity contribution >= 4 is 73.0 Å². The molecule has 0 saturated heterocycles. The van der Waals surface area contributed by atoms with Gasteiger partial charge in [-0.3, -0.25) is 9.97 Å². The zero-order valence-electron chi connectivity index (χ0n) is 32.7. The number of aromatic nitrogens is 4. The average Bonchev–Trinajstić information content (AvgIpc) is 3.33. The molecule has 0 N–H and O–H groups in total. The van der Waals surface area contributed by atoms with Gasteiger partial charge in [-0.1, -0.05) is 182 Å². The van der Waals surface area contributed by atoms with Crippen LogP contribution >= 0.6 is 6.89 Å². The molecule has 11 rings (SSSR count). The van der Waals surface area contributed by atoms with Crippen LogP contribution in [0.2, 0.25) is 0 Å². The molecule has 0 unspecified atom stereocenters. The summed E-state index contributed by atoms with van der Waals surface area (Å²) in [5.41, 5.74) is 14.0. The second-order valence-corrected chi connectivity index (χ2v) is 18.2. The summed E-state index contributed by atoms with van der Waals surface area (Å²) in [6.07, 6.45) is 9.11. The highest BCUT2D eigenvalue weighted by atomic mass is 31.2. The van der Waals surface area contributed by atoms with Gasteiger partial charge in [0.2, 0.25) is 0 Å². The van der Waals surface area contributed by atoms with Crippen molar-refractivity contribution in [2.45, 2.75) is 0 Å². The molecule has 4 heterocycles. The molecular formula is C55H37N4P. The van der Waals surface area contributed by atoms with Crippen molar-refractivity contribution in [2.24, 2.45) is 0 Å². The second kappa shape index (κ2) is 14.7. The first-order valence-corrected chi connectivity index (χ1v) is 22.1. The van der Waals surface area contributed by atoms with E-state index in [0.29, 0.717) is 0 Å². The summed E-state index contributed by atoms with van der Waals surface area (Å²) in [5, 5.41) is 5.26. The van der Waals surface area contributed by atoms with Gasteiger partial charge >= 0.3 is 0 Å². The Kier molecular flexibility index (Phi) is 8.73. The van der Waals surface area contributed by atoms with Crippen LogP contribution in [-0.4, -0.2) is 26.2 Å². The Balaban J connectivity index is 1.26. The van der Waals surface area contributed by atoms with Gasteiger partial charge < -0.3 is 0 Å². The molecule has 0 aliphatic heterocycles. The molecule has 0 aliphatic carbocycles. The largest absolute Gasteiger partial charge is 0.254 e. The minimum atomic E-state index is -2.85. The van der Waals surface area contributed by atoms with E-state index in [0.717, 1.165) is 104 Å². The summed E-state index contributed by atoms with van der Waals surface area (Å²) in [4.78, 5) is 21.6. The van der Waals surface area contributed by atoms with Gasteiger partial charge in [-0.25, -0.2) is 9.97 Å². The minimum absolute atomic E-state index is 0.842. The van der Waals surface area contributed by atoms with Gasteiger partial charge in [-0.05, 0) is 74.1 Å². The maximum absolute atomic E-state index is 5.72. The van der Waals surface area contributed by atoms with Crippen molar-refractivity contribution < 1.29 is 0 Å². The molecule has 11 aromatic rings. The van der Waals surface area contributed by atoms with Gasteiger partial charge in [-0.2, -0.15) is 0 Å². The fraction of sp³-hybridized carbons (Fsp3) is 0. The van der Waals surface area contributed by atoms with Gasteiger partial charge in [0, 0.05) is 40.8 Å². The Morgan fingerprint density at radius 3 is 1.00 bits per heavy atom. The van der Waals surface area contributed by atoms with Crippen molar-refractivity contribution in [3.05, 3.63) is 213 Å². The summed E-state index contributed by atoms with van der Waals surface area (Å²) in [6.45, 7) is -2.85. The molecule has 4 nitrogen and oxygen atoms in total. The SMILES string of the molecule is C=P(c1ccccc1)(c1cc(-c2ccccc2)c2ccc3c(-c4ccccc4)ccnc3c2n1)c1cc(-c2ccccc2)c2ccc3c(-c4ccccc4)ccnc3c2n1. The lowest BCUT2D eigenvalue weighted by Gasteiger charge is -2.27. The van der Waals surface area contributed by atoms with Crippen molar-refractivity contribution in [3.63, 3.8) is 0 Å². The highest BCUT2D eigenvalue weighted by Gasteiger charge is 2.29. The van der Waals surface area contributed by atoms with Crippen LogP contribution in [0.1, 0.15) is 0 Å². The molecule has 282 valence electrons. The second-order valence-electron chi connectivity index (χ2n) is 15.1. The van der Waals surface area contributed by atoms with Gasteiger partial charge in [0.15, 0.2) is 0 Å². The third kappa shape index (κ3) is 5.92. The van der Waals surface area contributed by atoms with Gasteiger partial charge in [0.25, 0.3) is 0 Å². The number of nitrogens with zero attached hydrogens (tertiary/aromatic N) is 4. The molecule has 0 aliphatic rings. The average molecular weight is 785 g/mol. The van der Waals surface area contributed by atoms with Crippen LogP contribution in [0.3, 0.4) is 0 Å². The minimum Gasteiger partial charge on any atom is -0.254 e. The summed E-state index contributed by atoms with van der Waals surface area (Å²) in [6, 6.07) is 70.4. The van der Waals surface area contributed by atoms with Crippen LogP contribution in [-0.2, 0) is 0 Å². The van der Waals surface area contributed by atoms with E-state index in [1.807, 2.05) is 12.4 Å². The molecule has 7 aromatic carbocycles. The van der Waals surface area contributed by atoms with E-state index < -0.39 is 6.89 Å². The van der Waals surface area contributed by atoms with Crippen molar-refractivity contribution in [2.75, 3.05) is 0 Å². The van der Waals surface area contributed by atoms with Gasteiger partial charge in [-0.15, -0.1) is 0 Å². The van der Waals surface area contributed by atoms with Crippen LogP contribution < -0.4 is 16.2 Å². The van der Waals surface area contributed by atoms with E-state index in [4.69, 9.17) is 26.2 Å². The maximum atomic E-state index is 5.72. The Labute approximate surface area is 348 Å². The van der Waals surface area contributed by atoms with Crippen LogP contribution in [0.15, 0.2) is 213 Å². The molecule has 60 heavy (non-hydrogen) atoms. The van der Waals surface area contributed by atoms with E-state index in [-0.39, 0.29) is 0 Å².